The van der Waals surface area contributed by atoms with Crippen molar-refractivity contribution < 1.29 is 24.2 Å². The third-order valence-corrected chi connectivity index (χ3v) is 5.07. The molecule has 142 valence electrons. The number of anilines is 2. The molecule has 1 fully saturated rings. The number of carboxylic acids is 1. The molecule has 4 N–H and O–H groups in total. The molecule has 8 nitrogen and oxygen atoms in total. The smallest absolute Gasteiger partial charge is 0.324 e. The Morgan fingerprint density at radius 1 is 1.11 bits per heavy atom. The molecule has 0 spiro atoms. The lowest BCUT2D eigenvalue weighted by atomic mass is 9.94. The van der Waals surface area contributed by atoms with Crippen LogP contribution in [-0.2, 0) is 9.53 Å². The van der Waals surface area contributed by atoms with E-state index in [4.69, 9.17) is 9.84 Å². The van der Waals surface area contributed by atoms with E-state index in [0.29, 0.717) is 28.6 Å². The van der Waals surface area contributed by atoms with Gasteiger partial charge in [0, 0.05) is 12.3 Å². The van der Waals surface area contributed by atoms with E-state index in [-0.39, 0.29) is 18.9 Å². The van der Waals surface area contributed by atoms with Crippen LogP contribution in [0.5, 0.6) is 0 Å². The van der Waals surface area contributed by atoms with Gasteiger partial charge in [-0.1, -0.05) is 18.2 Å². The zero-order valence-electron chi connectivity index (χ0n) is 14.4. The fourth-order valence-electron chi connectivity index (χ4n) is 2.80. The number of rotatable bonds is 6. The number of nitrogens with one attached hydrogen (secondary N) is 3. The van der Waals surface area contributed by atoms with Gasteiger partial charge in [0.2, 0.25) is 0 Å². The van der Waals surface area contributed by atoms with E-state index >= 15 is 0 Å². The molecule has 0 aliphatic carbocycles. The molecule has 1 aliphatic heterocycles. The third kappa shape index (κ3) is 5.05. The molecule has 0 saturated carbocycles. The average molecular weight is 389 g/mol. The molecule has 1 aromatic heterocycles. The number of hydrogen-bond donors (Lipinski definition) is 4. The van der Waals surface area contributed by atoms with Crippen molar-refractivity contribution in [2.45, 2.75) is 18.4 Å². The molecule has 3 rings (SSSR count). The van der Waals surface area contributed by atoms with Gasteiger partial charge in [0.1, 0.15) is 0 Å². The van der Waals surface area contributed by atoms with E-state index in [9.17, 15) is 14.4 Å². The summed E-state index contributed by atoms with van der Waals surface area (Å²) in [5.41, 5.74) is -0.244. The second-order valence-electron chi connectivity index (χ2n) is 6.22. The van der Waals surface area contributed by atoms with Crippen LogP contribution in [0.15, 0.2) is 42.5 Å². The van der Waals surface area contributed by atoms with E-state index in [2.05, 4.69) is 16.0 Å². The Hall–Kier alpha value is -2.91. The summed E-state index contributed by atoms with van der Waals surface area (Å²) in [7, 11) is 0. The lowest BCUT2D eigenvalue weighted by molar-refractivity contribution is -0.138. The van der Waals surface area contributed by atoms with Crippen LogP contribution >= 0.6 is 11.3 Å². The maximum absolute atomic E-state index is 12.5. The maximum Gasteiger partial charge on any atom is 0.324 e. The highest BCUT2D eigenvalue weighted by Crippen LogP contribution is 2.26. The van der Waals surface area contributed by atoms with Crippen LogP contribution < -0.4 is 16.0 Å². The summed E-state index contributed by atoms with van der Waals surface area (Å²) in [6, 6.07) is 11.8. The van der Waals surface area contributed by atoms with Crippen molar-refractivity contribution in [2.75, 3.05) is 23.8 Å². The van der Waals surface area contributed by atoms with Crippen LogP contribution in [0.3, 0.4) is 0 Å². The van der Waals surface area contributed by atoms with Gasteiger partial charge in [-0.25, -0.2) is 4.79 Å². The predicted octanol–water partition coefficient (Wildman–Crippen LogP) is 2.76. The summed E-state index contributed by atoms with van der Waals surface area (Å²) in [5.74, 6) is -1.38. The Bertz CT molecular complexity index is 831. The Balaban J connectivity index is 1.60. The summed E-state index contributed by atoms with van der Waals surface area (Å²) in [5, 5.41) is 17.7. The van der Waals surface area contributed by atoms with E-state index in [0.717, 1.165) is 11.3 Å². The molecule has 1 atom stereocenters. The molecular formula is C18H19N3O5S. The van der Waals surface area contributed by atoms with Crippen molar-refractivity contribution in [3.63, 3.8) is 0 Å². The molecule has 0 bridgehead atoms. The molecule has 27 heavy (non-hydrogen) atoms. The minimum atomic E-state index is -0.994. The minimum Gasteiger partial charge on any atom is -0.481 e. The van der Waals surface area contributed by atoms with Gasteiger partial charge in [-0.15, -0.1) is 11.3 Å². The fraction of sp³-hybridized carbons (Fsp3) is 0.278. The number of ether oxygens (including phenoxy) is 1. The van der Waals surface area contributed by atoms with Crippen LogP contribution in [0.2, 0.25) is 0 Å². The minimum absolute atomic E-state index is 0.168. The Kier molecular flexibility index (Phi) is 5.72. The molecule has 3 amide bonds. The highest BCUT2D eigenvalue weighted by molar-refractivity contribution is 7.18. The fourth-order valence-corrected chi connectivity index (χ4v) is 3.60. The van der Waals surface area contributed by atoms with Crippen molar-refractivity contribution in [1.82, 2.24) is 5.32 Å². The first-order chi connectivity index (χ1) is 13.0. The number of hydrogen-bond acceptors (Lipinski definition) is 5. The third-order valence-electron chi connectivity index (χ3n) is 4.07. The molecule has 2 heterocycles. The Morgan fingerprint density at radius 2 is 1.89 bits per heavy atom. The molecular weight excluding hydrogens is 370 g/mol. The van der Waals surface area contributed by atoms with Crippen LogP contribution in [0.4, 0.5) is 15.5 Å². The average Bonchev–Trinajstić information content (AvgIpc) is 3.25. The number of thiophene rings is 1. The van der Waals surface area contributed by atoms with E-state index in [1.165, 1.54) is 0 Å². The van der Waals surface area contributed by atoms with Gasteiger partial charge >= 0.3 is 12.0 Å². The second-order valence-corrected chi connectivity index (χ2v) is 7.30. The van der Waals surface area contributed by atoms with E-state index < -0.39 is 17.5 Å². The lowest BCUT2D eigenvalue weighted by Gasteiger charge is -2.26. The summed E-state index contributed by atoms with van der Waals surface area (Å²) < 4.78 is 5.27. The summed E-state index contributed by atoms with van der Waals surface area (Å²) >= 11 is 1.11. The van der Waals surface area contributed by atoms with Crippen molar-refractivity contribution in [2.24, 2.45) is 0 Å². The maximum atomic E-state index is 12.5. The van der Waals surface area contributed by atoms with Gasteiger partial charge in [0.15, 0.2) is 0 Å². The van der Waals surface area contributed by atoms with Crippen molar-refractivity contribution in [3.05, 3.63) is 47.3 Å². The van der Waals surface area contributed by atoms with Crippen LogP contribution in [0.1, 0.15) is 22.5 Å². The van der Waals surface area contributed by atoms with Crippen molar-refractivity contribution in [3.8, 4) is 0 Å². The van der Waals surface area contributed by atoms with E-state index in [1.807, 2.05) is 18.2 Å². The van der Waals surface area contributed by atoms with Crippen molar-refractivity contribution in [1.29, 1.82) is 0 Å². The van der Waals surface area contributed by atoms with Gasteiger partial charge in [0.05, 0.1) is 28.4 Å². The zero-order valence-corrected chi connectivity index (χ0v) is 15.2. The predicted molar refractivity (Wildman–Crippen MR) is 101 cm³/mol. The second kappa shape index (κ2) is 8.19. The Labute approximate surface area is 159 Å². The van der Waals surface area contributed by atoms with Gasteiger partial charge < -0.3 is 20.5 Å². The normalized spacial score (nSPS) is 18.7. The molecule has 1 aromatic carbocycles. The van der Waals surface area contributed by atoms with Gasteiger partial charge in [-0.05, 0) is 30.7 Å². The number of amides is 3. The number of carbonyl (C=O) groups excluding carboxylic acids is 2. The largest absolute Gasteiger partial charge is 0.481 e. The van der Waals surface area contributed by atoms with Gasteiger partial charge in [-0.3, -0.25) is 14.9 Å². The van der Waals surface area contributed by atoms with Crippen molar-refractivity contribution >= 4 is 39.9 Å². The first-order valence-corrected chi connectivity index (χ1v) is 9.12. The summed E-state index contributed by atoms with van der Waals surface area (Å²) in [6.07, 6.45) is 0.246. The molecule has 1 aliphatic rings. The Morgan fingerprint density at radius 3 is 2.56 bits per heavy atom. The van der Waals surface area contributed by atoms with Gasteiger partial charge in [0.25, 0.3) is 5.91 Å². The van der Waals surface area contributed by atoms with E-state index in [1.54, 1.807) is 24.3 Å². The first kappa shape index (κ1) is 18.9. The quantitative estimate of drug-likeness (QED) is 0.606. The first-order valence-electron chi connectivity index (χ1n) is 8.31. The standard InChI is InChI=1S/C18H19N3O5S/c22-15(23)10-18(8-9-26-11-18)21-16(24)13-6-7-14(27-13)20-17(25)19-12-4-2-1-3-5-12/h1-7H,8-11H2,(H,21,24)(H,22,23)(H2,19,20,25). The SMILES string of the molecule is O=C(O)CC1(NC(=O)c2ccc(NC(=O)Nc3ccccc3)s2)CCOC1. The van der Waals surface area contributed by atoms with Crippen LogP contribution in [0, 0.1) is 0 Å². The topological polar surface area (TPSA) is 117 Å². The number of carboxylic acid groups (broad SMARTS) is 1. The number of aliphatic carboxylic acids is 1. The zero-order chi connectivity index (χ0) is 19.3. The monoisotopic (exact) mass is 389 g/mol. The number of urea groups is 1. The van der Waals surface area contributed by atoms with Gasteiger partial charge in [-0.2, -0.15) is 0 Å². The highest BCUT2D eigenvalue weighted by Gasteiger charge is 2.39. The highest BCUT2D eigenvalue weighted by atomic mass is 32.1. The molecule has 0 radical (unpaired) electrons. The molecule has 1 unspecified atom stereocenters. The summed E-state index contributed by atoms with van der Waals surface area (Å²) in [4.78, 5) is 36.0. The van der Waals surface area contributed by atoms with Crippen LogP contribution in [0.25, 0.3) is 0 Å². The number of benzene rings is 1. The lowest BCUT2D eigenvalue weighted by Crippen LogP contribution is -2.50. The molecule has 1 saturated heterocycles. The summed E-state index contributed by atoms with van der Waals surface area (Å²) in [6.45, 7) is 0.575. The number of carbonyl (C=O) groups is 3. The number of para-hydroxylation sites is 1. The van der Waals surface area contributed by atoms with Crippen LogP contribution in [-0.4, -0.2) is 41.8 Å². The molecule has 2 aromatic rings. The molecule has 9 heteroatoms.